The van der Waals surface area contributed by atoms with Gasteiger partial charge in [0.25, 0.3) is 5.91 Å². The molecule has 0 spiro atoms. The molecule has 2 heterocycles. The average Bonchev–Trinajstić information content (AvgIpc) is 3.21. The van der Waals surface area contributed by atoms with Gasteiger partial charge in [0.2, 0.25) is 0 Å². The Morgan fingerprint density at radius 3 is 2.45 bits per heavy atom. The Hall–Kier alpha value is -3.62. The van der Waals surface area contributed by atoms with Gasteiger partial charge in [-0.25, -0.2) is 9.67 Å². The summed E-state index contributed by atoms with van der Waals surface area (Å²) < 4.78 is 17.2. The molecule has 31 heavy (non-hydrogen) atoms. The lowest BCUT2D eigenvalue weighted by Crippen LogP contribution is -2.30. The Morgan fingerprint density at radius 2 is 1.81 bits per heavy atom. The fraction of sp³-hybridized carbons (Fsp3) is 0.364. The second kappa shape index (κ2) is 9.46. The number of amides is 1. The number of nitrogens with zero attached hydrogens (tertiary/aromatic N) is 3. The van der Waals surface area contributed by atoms with E-state index in [1.807, 2.05) is 13.8 Å². The van der Waals surface area contributed by atoms with Crippen LogP contribution < -0.4 is 14.8 Å². The van der Waals surface area contributed by atoms with Crippen molar-refractivity contribution in [2.24, 2.45) is 0 Å². The maximum absolute atomic E-state index is 13.0. The van der Waals surface area contributed by atoms with Crippen LogP contribution in [0.1, 0.15) is 48.3 Å². The smallest absolute Gasteiger partial charge is 0.307 e. The molecule has 0 bridgehead atoms. The molecule has 2 aromatic heterocycles. The lowest BCUT2D eigenvalue weighted by Gasteiger charge is -2.20. The number of hydrogen-bond acceptors (Lipinski definition) is 7. The number of esters is 1. The minimum Gasteiger partial charge on any atom is -0.493 e. The van der Waals surface area contributed by atoms with Crippen LogP contribution in [0, 0.1) is 0 Å². The first-order valence-electron chi connectivity index (χ1n) is 9.80. The maximum Gasteiger partial charge on any atom is 0.307 e. The molecular formula is C22H26N4O5. The Labute approximate surface area is 180 Å². The Morgan fingerprint density at radius 1 is 1.06 bits per heavy atom. The highest BCUT2D eigenvalue weighted by molar-refractivity contribution is 5.97. The molecule has 1 aromatic carbocycles. The molecule has 0 aliphatic carbocycles. The molecule has 1 atom stereocenters. The lowest BCUT2D eigenvalue weighted by molar-refractivity contribution is -0.141. The highest BCUT2D eigenvalue weighted by Crippen LogP contribution is 2.31. The Bertz CT molecular complexity index is 1090. The Kier molecular flexibility index (Phi) is 6.74. The van der Waals surface area contributed by atoms with Crippen LogP contribution in [0.3, 0.4) is 0 Å². The molecule has 0 aliphatic rings. The highest BCUT2D eigenvalue weighted by Gasteiger charge is 2.22. The van der Waals surface area contributed by atoms with Crippen molar-refractivity contribution in [1.82, 2.24) is 20.1 Å². The van der Waals surface area contributed by atoms with Gasteiger partial charge in [-0.2, -0.15) is 5.10 Å². The van der Waals surface area contributed by atoms with Crippen LogP contribution >= 0.6 is 0 Å². The van der Waals surface area contributed by atoms with Crippen LogP contribution in [0.25, 0.3) is 11.0 Å². The van der Waals surface area contributed by atoms with Crippen molar-refractivity contribution >= 4 is 22.9 Å². The highest BCUT2D eigenvalue weighted by atomic mass is 16.5. The lowest BCUT2D eigenvalue weighted by atomic mass is 10.0. The molecule has 0 saturated heterocycles. The molecular weight excluding hydrogens is 400 g/mol. The number of carbonyl (C=O) groups excluding carboxylic acids is 2. The number of pyridine rings is 1. The maximum atomic E-state index is 13.0. The molecule has 0 fully saturated rings. The normalized spacial score (nSPS) is 11.9. The fourth-order valence-corrected chi connectivity index (χ4v) is 3.26. The van der Waals surface area contributed by atoms with Gasteiger partial charge >= 0.3 is 5.97 Å². The topological polar surface area (TPSA) is 105 Å². The monoisotopic (exact) mass is 426 g/mol. The molecule has 1 amide bonds. The van der Waals surface area contributed by atoms with E-state index < -0.39 is 12.0 Å². The number of fused-ring (bicyclic) bond motifs is 1. The number of carbonyl (C=O) groups is 2. The molecule has 0 unspecified atom stereocenters. The van der Waals surface area contributed by atoms with Crippen molar-refractivity contribution in [2.45, 2.75) is 32.4 Å². The molecule has 9 heteroatoms. The van der Waals surface area contributed by atoms with E-state index >= 15 is 0 Å². The van der Waals surface area contributed by atoms with Crippen molar-refractivity contribution in [1.29, 1.82) is 0 Å². The molecule has 3 rings (SSSR count). The number of nitrogens with one attached hydrogen (secondary N) is 1. The third-order valence-electron chi connectivity index (χ3n) is 4.90. The number of methoxy groups -OCH3 is 3. The van der Waals surface area contributed by atoms with E-state index in [9.17, 15) is 9.59 Å². The van der Waals surface area contributed by atoms with E-state index in [1.165, 1.54) is 27.5 Å². The summed E-state index contributed by atoms with van der Waals surface area (Å²) in [4.78, 5) is 29.4. The van der Waals surface area contributed by atoms with Gasteiger partial charge in [-0.1, -0.05) is 6.07 Å². The quantitative estimate of drug-likeness (QED) is 0.552. The van der Waals surface area contributed by atoms with Gasteiger partial charge in [0, 0.05) is 17.6 Å². The summed E-state index contributed by atoms with van der Waals surface area (Å²) in [6.07, 6.45) is 3.14. The number of benzene rings is 1. The van der Waals surface area contributed by atoms with Crippen LogP contribution in [0.2, 0.25) is 0 Å². The van der Waals surface area contributed by atoms with Crippen molar-refractivity contribution in [3.63, 3.8) is 0 Å². The predicted octanol–water partition coefficient (Wildman–Crippen LogP) is 3.06. The van der Waals surface area contributed by atoms with E-state index in [0.717, 1.165) is 5.39 Å². The van der Waals surface area contributed by atoms with Crippen molar-refractivity contribution in [3.05, 3.63) is 47.8 Å². The van der Waals surface area contributed by atoms with Crippen molar-refractivity contribution in [2.75, 3.05) is 21.3 Å². The number of ether oxygens (including phenoxy) is 3. The zero-order valence-corrected chi connectivity index (χ0v) is 18.2. The van der Waals surface area contributed by atoms with Gasteiger partial charge in [-0.3, -0.25) is 9.59 Å². The summed E-state index contributed by atoms with van der Waals surface area (Å²) >= 11 is 0. The van der Waals surface area contributed by atoms with E-state index in [1.54, 1.807) is 35.1 Å². The summed E-state index contributed by atoms with van der Waals surface area (Å²) in [6, 6.07) is 6.46. The van der Waals surface area contributed by atoms with Crippen LogP contribution in [0.4, 0.5) is 0 Å². The van der Waals surface area contributed by atoms with Crippen LogP contribution in [-0.4, -0.2) is 48.0 Å². The van der Waals surface area contributed by atoms with E-state index in [0.29, 0.717) is 28.3 Å². The first-order valence-corrected chi connectivity index (χ1v) is 9.80. The summed E-state index contributed by atoms with van der Waals surface area (Å²) in [5.41, 5.74) is 1.75. The first-order chi connectivity index (χ1) is 14.9. The predicted molar refractivity (Wildman–Crippen MR) is 114 cm³/mol. The number of aromatic nitrogens is 3. The average molecular weight is 426 g/mol. The largest absolute Gasteiger partial charge is 0.493 e. The second-order valence-electron chi connectivity index (χ2n) is 7.24. The third-order valence-corrected chi connectivity index (χ3v) is 4.90. The van der Waals surface area contributed by atoms with Gasteiger partial charge in [0.15, 0.2) is 17.1 Å². The van der Waals surface area contributed by atoms with Gasteiger partial charge in [-0.05, 0) is 37.6 Å². The summed E-state index contributed by atoms with van der Waals surface area (Å²) in [5.74, 6) is 0.224. The van der Waals surface area contributed by atoms with Gasteiger partial charge in [0.05, 0.1) is 45.6 Å². The van der Waals surface area contributed by atoms with E-state index in [2.05, 4.69) is 15.4 Å². The van der Waals surface area contributed by atoms with Crippen LogP contribution in [-0.2, 0) is 9.53 Å². The molecule has 3 aromatic rings. The summed E-state index contributed by atoms with van der Waals surface area (Å²) in [5, 5.41) is 7.98. The van der Waals surface area contributed by atoms with E-state index in [4.69, 9.17) is 14.2 Å². The summed E-state index contributed by atoms with van der Waals surface area (Å²) in [6.45, 7) is 4.02. The Balaban J connectivity index is 1.89. The minimum atomic E-state index is -0.631. The molecule has 0 radical (unpaired) electrons. The zero-order valence-electron chi connectivity index (χ0n) is 18.2. The zero-order chi connectivity index (χ0) is 22.5. The minimum absolute atomic E-state index is 0.0430. The van der Waals surface area contributed by atoms with Crippen molar-refractivity contribution < 1.29 is 23.8 Å². The number of rotatable bonds is 8. The molecule has 0 aliphatic heterocycles. The molecule has 1 N–H and O–H groups in total. The van der Waals surface area contributed by atoms with Gasteiger partial charge in [-0.15, -0.1) is 0 Å². The first kappa shape index (κ1) is 22.1. The molecule has 164 valence electrons. The molecule has 9 nitrogen and oxygen atoms in total. The SMILES string of the molecule is COC(=O)C[C@H](NC(=O)c1cnc2c(cnn2C(C)C)c1)c1ccc(OC)c(OC)c1. The fourth-order valence-electron chi connectivity index (χ4n) is 3.26. The van der Waals surface area contributed by atoms with E-state index in [-0.39, 0.29) is 18.4 Å². The van der Waals surface area contributed by atoms with Crippen LogP contribution in [0.5, 0.6) is 11.5 Å². The van der Waals surface area contributed by atoms with Crippen LogP contribution in [0.15, 0.2) is 36.7 Å². The standard InChI is InChI=1S/C22H26N4O5/c1-13(2)26-21-15(12-24-26)8-16(11-23-21)22(28)25-17(10-20(27)31-5)14-6-7-18(29-3)19(9-14)30-4/h6-9,11-13,17H,10H2,1-5H3,(H,25,28)/t17-/m0/s1. The second-order valence-corrected chi connectivity index (χ2v) is 7.24. The van der Waals surface area contributed by atoms with Gasteiger partial charge < -0.3 is 19.5 Å². The number of hydrogen-bond donors (Lipinski definition) is 1. The third kappa shape index (κ3) is 4.76. The summed E-state index contributed by atoms with van der Waals surface area (Å²) in [7, 11) is 4.36. The molecule has 0 saturated carbocycles. The van der Waals surface area contributed by atoms with Crippen molar-refractivity contribution in [3.8, 4) is 11.5 Å². The van der Waals surface area contributed by atoms with Gasteiger partial charge in [0.1, 0.15) is 0 Å².